The first-order valence-corrected chi connectivity index (χ1v) is 11.8. The van der Waals surface area contributed by atoms with Crippen molar-refractivity contribution in [1.82, 2.24) is 9.80 Å². The van der Waals surface area contributed by atoms with Gasteiger partial charge in [-0.15, -0.1) is 0 Å². The highest BCUT2D eigenvalue weighted by Crippen LogP contribution is 2.38. The van der Waals surface area contributed by atoms with E-state index in [0.717, 1.165) is 5.56 Å². The minimum atomic E-state index is -1.20. The van der Waals surface area contributed by atoms with Crippen LogP contribution >= 0.6 is 15.9 Å². The quantitative estimate of drug-likeness (QED) is 0.566. The number of nitrogens with zero attached hydrogens (tertiary/aromatic N) is 2. The van der Waals surface area contributed by atoms with E-state index in [1.165, 1.54) is 28.9 Å². The second kappa shape index (κ2) is 10.1. The van der Waals surface area contributed by atoms with Crippen LogP contribution in [0.3, 0.4) is 0 Å². The van der Waals surface area contributed by atoms with Crippen LogP contribution in [0.15, 0.2) is 52.5 Å². The summed E-state index contributed by atoms with van der Waals surface area (Å²) in [7, 11) is 0. The van der Waals surface area contributed by atoms with E-state index in [1.54, 1.807) is 6.07 Å². The van der Waals surface area contributed by atoms with Gasteiger partial charge >= 0.3 is 12.1 Å². The summed E-state index contributed by atoms with van der Waals surface area (Å²) in [4.78, 5) is 38.8. The molecule has 2 N–H and O–H groups in total. The lowest BCUT2D eigenvalue weighted by atomic mass is 9.82. The average Bonchev–Trinajstić information content (AvgIpc) is 2.80. The van der Waals surface area contributed by atoms with Gasteiger partial charge in [0.25, 0.3) is 0 Å². The lowest BCUT2D eigenvalue weighted by Gasteiger charge is -2.49. The smallest absolute Gasteiger partial charge is 0.408 e. The molecule has 0 spiro atoms. The summed E-state index contributed by atoms with van der Waals surface area (Å²) in [6.07, 6.45) is -0.439. The molecule has 4 rings (SSSR count). The van der Waals surface area contributed by atoms with E-state index in [0.29, 0.717) is 34.4 Å². The fourth-order valence-electron chi connectivity index (χ4n) is 4.74. The van der Waals surface area contributed by atoms with Crippen LogP contribution in [-0.4, -0.2) is 69.8 Å². The number of ether oxygens (including phenoxy) is 1. The molecule has 2 atom stereocenters. The Morgan fingerprint density at radius 2 is 1.83 bits per heavy atom. The SMILES string of the molecule is CC(=O)N1CC2CC(c3ccc(CCOc4cc(F)ccc4Br)cc3)=C(C(=O)O)C(C1)N2C(=O)O. The molecular formula is C25H24BrFN2O6. The fourth-order valence-corrected chi connectivity index (χ4v) is 5.10. The fraction of sp³-hybridized carbons (Fsp3) is 0.320. The Labute approximate surface area is 209 Å². The van der Waals surface area contributed by atoms with Gasteiger partial charge in [0.05, 0.1) is 28.7 Å². The highest BCUT2D eigenvalue weighted by molar-refractivity contribution is 9.10. The lowest BCUT2D eigenvalue weighted by Crippen LogP contribution is -2.64. The van der Waals surface area contributed by atoms with Gasteiger partial charge in [0, 0.05) is 32.5 Å². The number of amides is 2. The summed E-state index contributed by atoms with van der Waals surface area (Å²) in [5, 5.41) is 19.7. The summed E-state index contributed by atoms with van der Waals surface area (Å²) >= 11 is 3.33. The zero-order valence-corrected chi connectivity index (χ0v) is 20.5. The van der Waals surface area contributed by atoms with E-state index in [9.17, 15) is 29.0 Å². The number of carbonyl (C=O) groups excluding carboxylic acids is 1. The number of piperazine rings is 1. The molecule has 2 aromatic rings. The molecule has 2 bridgehead atoms. The molecule has 2 aliphatic heterocycles. The molecule has 8 nitrogen and oxygen atoms in total. The number of hydrogen-bond acceptors (Lipinski definition) is 4. The Bertz CT molecular complexity index is 1200. The topological polar surface area (TPSA) is 107 Å². The standard InChI is InChI=1S/C25H24BrFN2O6/c1-14(30)28-12-18-11-19(23(24(31)32)21(13-28)29(18)25(33)34)16-4-2-15(3-5-16)8-9-35-22-10-17(27)6-7-20(22)26/h2-7,10,18,21H,8-9,11-13H2,1H3,(H,31,32)(H,33,34). The minimum absolute atomic E-state index is 0.00152. The number of benzene rings is 2. The van der Waals surface area contributed by atoms with Gasteiger partial charge in [-0.1, -0.05) is 24.3 Å². The number of carboxylic acid groups (broad SMARTS) is 2. The molecule has 0 aliphatic carbocycles. The zero-order chi connectivity index (χ0) is 25.3. The molecule has 1 saturated heterocycles. The number of aliphatic carboxylic acids is 1. The summed E-state index contributed by atoms with van der Waals surface area (Å²) < 4.78 is 19.7. The molecule has 0 aromatic heterocycles. The number of fused-ring (bicyclic) bond motifs is 2. The zero-order valence-electron chi connectivity index (χ0n) is 18.9. The van der Waals surface area contributed by atoms with Gasteiger partial charge in [0.15, 0.2) is 0 Å². The Kier molecular flexibility index (Phi) is 7.11. The molecule has 184 valence electrons. The normalized spacial score (nSPS) is 19.5. The van der Waals surface area contributed by atoms with E-state index in [1.807, 2.05) is 24.3 Å². The third-order valence-corrected chi connectivity index (χ3v) is 7.05. The molecule has 2 amide bonds. The Morgan fingerprint density at radius 3 is 2.46 bits per heavy atom. The van der Waals surface area contributed by atoms with Crippen LogP contribution in [0.1, 0.15) is 24.5 Å². The van der Waals surface area contributed by atoms with Gasteiger partial charge in [0.1, 0.15) is 11.6 Å². The van der Waals surface area contributed by atoms with Crippen molar-refractivity contribution in [2.45, 2.75) is 31.8 Å². The van der Waals surface area contributed by atoms with Crippen molar-refractivity contribution in [2.24, 2.45) is 0 Å². The average molecular weight is 547 g/mol. The van der Waals surface area contributed by atoms with Gasteiger partial charge in [-0.3, -0.25) is 9.69 Å². The molecule has 2 aliphatic rings. The van der Waals surface area contributed by atoms with E-state index in [4.69, 9.17) is 4.74 Å². The van der Waals surface area contributed by atoms with Gasteiger partial charge in [-0.05, 0) is 51.2 Å². The first-order chi connectivity index (χ1) is 16.7. The maximum absolute atomic E-state index is 13.4. The number of hydrogen-bond donors (Lipinski definition) is 2. The Morgan fingerprint density at radius 1 is 1.11 bits per heavy atom. The monoisotopic (exact) mass is 546 g/mol. The van der Waals surface area contributed by atoms with Crippen LogP contribution in [-0.2, 0) is 16.0 Å². The molecule has 0 radical (unpaired) electrons. The van der Waals surface area contributed by atoms with Gasteiger partial charge < -0.3 is 19.8 Å². The maximum Gasteiger partial charge on any atom is 0.408 e. The first-order valence-electron chi connectivity index (χ1n) is 11.1. The van der Waals surface area contributed by atoms with Crippen LogP contribution in [0, 0.1) is 5.82 Å². The molecule has 2 heterocycles. The van der Waals surface area contributed by atoms with Crippen molar-refractivity contribution in [3.63, 3.8) is 0 Å². The second-order valence-electron chi connectivity index (χ2n) is 8.56. The van der Waals surface area contributed by atoms with Crippen molar-refractivity contribution >= 4 is 39.5 Å². The molecular weight excluding hydrogens is 523 g/mol. The van der Waals surface area contributed by atoms with Crippen molar-refractivity contribution in [3.8, 4) is 5.75 Å². The molecule has 1 fully saturated rings. The predicted molar refractivity (Wildman–Crippen MR) is 129 cm³/mol. The number of rotatable bonds is 6. The van der Waals surface area contributed by atoms with Gasteiger partial charge in [-0.25, -0.2) is 14.0 Å². The van der Waals surface area contributed by atoms with E-state index >= 15 is 0 Å². The van der Waals surface area contributed by atoms with Crippen LogP contribution in [0.5, 0.6) is 5.75 Å². The molecule has 10 heteroatoms. The Balaban J connectivity index is 1.55. The maximum atomic E-state index is 13.4. The highest BCUT2D eigenvalue weighted by atomic mass is 79.9. The van der Waals surface area contributed by atoms with Gasteiger partial charge in [-0.2, -0.15) is 0 Å². The minimum Gasteiger partial charge on any atom is -0.492 e. The summed E-state index contributed by atoms with van der Waals surface area (Å²) in [6, 6.07) is 10.1. The van der Waals surface area contributed by atoms with Crippen LogP contribution in [0.2, 0.25) is 0 Å². The van der Waals surface area contributed by atoms with Crippen molar-refractivity contribution in [1.29, 1.82) is 0 Å². The van der Waals surface area contributed by atoms with Crippen LogP contribution in [0.25, 0.3) is 5.57 Å². The summed E-state index contributed by atoms with van der Waals surface area (Å²) in [5.74, 6) is -1.39. The molecule has 35 heavy (non-hydrogen) atoms. The second-order valence-corrected chi connectivity index (χ2v) is 9.41. The molecule has 0 saturated carbocycles. The first kappa shape index (κ1) is 24.7. The summed E-state index contributed by atoms with van der Waals surface area (Å²) in [5.41, 5.74) is 2.24. The number of carboxylic acids is 1. The molecule has 2 aromatic carbocycles. The summed E-state index contributed by atoms with van der Waals surface area (Å²) in [6.45, 7) is 1.95. The van der Waals surface area contributed by atoms with E-state index in [2.05, 4.69) is 15.9 Å². The predicted octanol–water partition coefficient (Wildman–Crippen LogP) is 4.03. The largest absolute Gasteiger partial charge is 0.492 e. The highest BCUT2D eigenvalue weighted by Gasteiger charge is 2.47. The Hall–Kier alpha value is -3.40. The third kappa shape index (κ3) is 5.17. The van der Waals surface area contributed by atoms with Crippen molar-refractivity contribution < 1.29 is 33.7 Å². The van der Waals surface area contributed by atoms with E-state index in [-0.39, 0.29) is 36.8 Å². The van der Waals surface area contributed by atoms with Gasteiger partial charge in [0.2, 0.25) is 5.91 Å². The van der Waals surface area contributed by atoms with Crippen LogP contribution in [0.4, 0.5) is 9.18 Å². The van der Waals surface area contributed by atoms with Crippen molar-refractivity contribution in [3.05, 3.63) is 69.5 Å². The van der Waals surface area contributed by atoms with Crippen molar-refractivity contribution in [2.75, 3.05) is 19.7 Å². The molecule has 2 unspecified atom stereocenters. The number of halogens is 2. The lowest BCUT2D eigenvalue weighted by molar-refractivity contribution is -0.137. The van der Waals surface area contributed by atoms with E-state index < -0.39 is 24.1 Å². The number of carbonyl (C=O) groups is 3. The van der Waals surface area contributed by atoms with Crippen LogP contribution < -0.4 is 4.74 Å². The third-order valence-electron chi connectivity index (χ3n) is 6.39.